The van der Waals surface area contributed by atoms with E-state index in [1.165, 1.54) is 11.1 Å². The van der Waals surface area contributed by atoms with Crippen molar-refractivity contribution in [1.82, 2.24) is 0 Å². The molecule has 2 N–H and O–H groups in total. The summed E-state index contributed by atoms with van der Waals surface area (Å²) in [6, 6.07) is 8.84. The minimum Gasteiger partial charge on any atom is -0.507 e. The van der Waals surface area contributed by atoms with E-state index in [4.69, 9.17) is 9.98 Å². The van der Waals surface area contributed by atoms with Crippen molar-refractivity contribution in [3.05, 3.63) is 57.6 Å². The van der Waals surface area contributed by atoms with Gasteiger partial charge in [0, 0.05) is 23.6 Å². The number of aliphatic imine (C=N–C) groups is 2. The van der Waals surface area contributed by atoms with Crippen molar-refractivity contribution in [2.24, 2.45) is 9.98 Å². The average molecular weight is 435 g/mol. The third-order valence-electron chi connectivity index (χ3n) is 6.65. The van der Waals surface area contributed by atoms with Crippen molar-refractivity contribution in [2.75, 3.05) is 0 Å². The summed E-state index contributed by atoms with van der Waals surface area (Å²) in [5.74, 6) is 0.736. The summed E-state index contributed by atoms with van der Waals surface area (Å²) in [6.45, 7) is 8.41. The van der Waals surface area contributed by atoms with Crippen LogP contribution in [-0.4, -0.2) is 34.7 Å². The zero-order valence-corrected chi connectivity index (χ0v) is 20.1. The topological polar surface area (TPSA) is 65.2 Å². The fourth-order valence-corrected chi connectivity index (χ4v) is 4.45. The smallest absolute Gasteiger partial charge is 0.127 e. The Morgan fingerprint density at radius 3 is 1.34 bits per heavy atom. The predicted molar refractivity (Wildman–Crippen MR) is 135 cm³/mol. The number of nitrogens with zero attached hydrogens (tertiary/aromatic N) is 2. The highest BCUT2D eigenvalue weighted by atomic mass is 16.3. The Hall–Kier alpha value is -2.62. The van der Waals surface area contributed by atoms with Crippen LogP contribution in [0.3, 0.4) is 0 Å². The zero-order chi connectivity index (χ0) is 23.1. The van der Waals surface area contributed by atoms with Crippen LogP contribution >= 0.6 is 0 Å². The Balaban J connectivity index is 1.63. The van der Waals surface area contributed by atoms with Gasteiger partial charge in [0.15, 0.2) is 0 Å². The minimum atomic E-state index is 0.278. The van der Waals surface area contributed by atoms with E-state index >= 15 is 0 Å². The second kappa shape index (κ2) is 11.3. The summed E-state index contributed by atoms with van der Waals surface area (Å²) in [5, 5.41) is 21.0. The van der Waals surface area contributed by atoms with Gasteiger partial charge in [0.25, 0.3) is 0 Å². The lowest BCUT2D eigenvalue weighted by molar-refractivity contribution is 0.399. The van der Waals surface area contributed by atoms with Crippen LogP contribution in [0.25, 0.3) is 0 Å². The van der Waals surface area contributed by atoms with Gasteiger partial charge in [-0.15, -0.1) is 0 Å². The van der Waals surface area contributed by atoms with Crippen molar-refractivity contribution < 1.29 is 10.2 Å². The lowest BCUT2D eigenvalue weighted by Crippen LogP contribution is -2.20. The highest BCUT2D eigenvalue weighted by Crippen LogP contribution is 2.28. The van der Waals surface area contributed by atoms with E-state index in [0.717, 1.165) is 73.6 Å². The van der Waals surface area contributed by atoms with Gasteiger partial charge in [-0.2, -0.15) is 0 Å². The molecule has 0 bridgehead atoms. The standard InChI is InChI=1S/C28H38N2O2/c1-5-19-13-21(7-3)27(31)23(15-19)17-29-25-9-11-26(12-10-25)30-18-24-16-20(6-2)14-22(8-4)28(24)32/h13-18,25-26,31-32H,5-12H2,1-4H3. The molecule has 2 aromatic carbocycles. The van der Waals surface area contributed by atoms with Gasteiger partial charge < -0.3 is 10.2 Å². The fraction of sp³-hybridized carbons (Fsp3) is 0.500. The number of hydrogen-bond acceptors (Lipinski definition) is 4. The normalized spacial score (nSPS) is 19.2. The lowest BCUT2D eigenvalue weighted by atomic mass is 9.91. The van der Waals surface area contributed by atoms with Crippen LogP contribution in [0, 0.1) is 0 Å². The number of rotatable bonds is 8. The van der Waals surface area contributed by atoms with Gasteiger partial charge in [0.2, 0.25) is 0 Å². The largest absolute Gasteiger partial charge is 0.507 e. The van der Waals surface area contributed by atoms with Crippen LogP contribution in [0.5, 0.6) is 11.5 Å². The first kappa shape index (κ1) is 24.0. The monoisotopic (exact) mass is 434 g/mol. The molecule has 0 atom stereocenters. The van der Waals surface area contributed by atoms with Crippen LogP contribution in [0.2, 0.25) is 0 Å². The van der Waals surface area contributed by atoms with Crippen molar-refractivity contribution in [3.8, 4) is 11.5 Å². The molecule has 1 aliphatic carbocycles. The predicted octanol–water partition coefficient (Wildman–Crippen LogP) is 6.20. The molecule has 0 saturated heterocycles. The van der Waals surface area contributed by atoms with Crippen LogP contribution in [0.4, 0.5) is 0 Å². The molecule has 4 heteroatoms. The first-order valence-corrected chi connectivity index (χ1v) is 12.2. The Bertz CT molecular complexity index is 890. The van der Waals surface area contributed by atoms with Gasteiger partial charge in [0.05, 0.1) is 12.1 Å². The molecule has 0 amide bonds. The van der Waals surface area contributed by atoms with Gasteiger partial charge in [-0.3, -0.25) is 9.98 Å². The molecular weight excluding hydrogens is 396 g/mol. The second-order valence-electron chi connectivity index (χ2n) is 8.82. The van der Waals surface area contributed by atoms with Gasteiger partial charge in [-0.25, -0.2) is 0 Å². The summed E-state index contributed by atoms with van der Waals surface area (Å²) in [7, 11) is 0. The van der Waals surface area contributed by atoms with E-state index in [1.807, 2.05) is 12.4 Å². The number of benzene rings is 2. The SMILES string of the molecule is CCc1cc(C=NC2CCC(N=Cc3cc(CC)cc(CC)c3O)CC2)c(O)c(CC)c1. The number of hydrogen-bond donors (Lipinski definition) is 2. The van der Waals surface area contributed by atoms with E-state index < -0.39 is 0 Å². The fourth-order valence-electron chi connectivity index (χ4n) is 4.45. The summed E-state index contributed by atoms with van der Waals surface area (Å²) in [4.78, 5) is 9.60. The Morgan fingerprint density at radius 2 is 1.03 bits per heavy atom. The molecule has 4 nitrogen and oxygen atoms in total. The summed E-state index contributed by atoms with van der Waals surface area (Å²) in [5.41, 5.74) is 6.12. The molecule has 1 aliphatic rings. The third kappa shape index (κ3) is 5.79. The molecule has 0 spiro atoms. The first-order chi connectivity index (χ1) is 15.5. The molecule has 0 unspecified atom stereocenters. The molecule has 32 heavy (non-hydrogen) atoms. The molecule has 2 aromatic rings. The number of aromatic hydroxyl groups is 2. The van der Waals surface area contributed by atoms with E-state index in [0.29, 0.717) is 11.5 Å². The van der Waals surface area contributed by atoms with Crippen LogP contribution in [0.15, 0.2) is 34.3 Å². The molecule has 172 valence electrons. The van der Waals surface area contributed by atoms with Gasteiger partial charge in [-0.1, -0.05) is 39.8 Å². The van der Waals surface area contributed by atoms with E-state index in [-0.39, 0.29) is 12.1 Å². The number of phenolic OH excluding ortho intramolecular Hbond substituents is 2. The maximum absolute atomic E-state index is 10.5. The molecule has 1 fully saturated rings. The number of aryl methyl sites for hydroxylation is 4. The lowest BCUT2D eigenvalue weighted by Gasteiger charge is -2.23. The minimum absolute atomic E-state index is 0.278. The maximum Gasteiger partial charge on any atom is 0.127 e. The van der Waals surface area contributed by atoms with Crippen molar-refractivity contribution in [1.29, 1.82) is 0 Å². The van der Waals surface area contributed by atoms with E-state index in [1.54, 1.807) is 0 Å². The average Bonchev–Trinajstić information content (AvgIpc) is 2.83. The molecule has 0 radical (unpaired) electrons. The van der Waals surface area contributed by atoms with Crippen molar-refractivity contribution in [3.63, 3.8) is 0 Å². The quantitative estimate of drug-likeness (QED) is 0.486. The van der Waals surface area contributed by atoms with Crippen LogP contribution < -0.4 is 0 Å². The van der Waals surface area contributed by atoms with Gasteiger partial charge in [0.1, 0.15) is 11.5 Å². The van der Waals surface area contributed by atoms with Gasteiger partial charge in [-0.05, 0) is 85.8 Å². The van der Waals surface area contributed by atoms with Crippen molar-refractivity contribution in [2.45, 2.75) is 91.1 Å². The molecule has 0 heterocycles. The maximum atomic E-state index is 10.5. The molecular formula is C28H38N2O2. The number of phenols is 2. The highest BCUT2D eigenvalue weighted by molar-refractivity contribution is 5.85. The molecule has 0 aliphatic heterocycles. The van der Waals surface area contributed by atoms with Crippen molar-refractivity contribution >= 4 is 12.4 Å². The van der Waals surface area contributed by atoms with E-state index in [2.05, 4.69) is 52.0 Å². The summed E-state index contributed by atoms with van der Waals surface area (Å²) in [6.07, 6.45) is 11.2. The Labute approximate surface area is 193 Å². The molecule has 0 aromatic heterocycles. The molecule has 3 rings (SSSR count). The van der Waals surface area contributed by atoms with Crippen LogP contribution in [0.1, 0.15) is 86.8 Å². The highest BCUT2D eigenvalue weighted by Gasteiger charge is 2.20. The van der Waals surface area contributed by atoms with Gasteiger partial charge >= 0.3 is 0 Å². The summed E-state index contributed by atoms with van der Waals surface area (Å²) < 4.78 is 0. The molecule has 1 saturated carbocycles. The Morgan fingerprint density at radius 1 is 0.656 bits per heavy atom. The second-order valence-corrected chi connectivity index (χ2v) is 8.82. The Kier molecular flexibility index (Phi) is 8.49. The zero-order valence-electron chi connectivity index (χ0n) is 20.1. The third-order valence-corrected chi connectivity index (χ3v) is 6.65. The van der Waals surface area contributed by atoms with E-state index in [9.17, 15) is 10.2 Å². The first-order valence-electron chi connectivity index (χ1n) is 12.2. The summed E-state index contributed by atoms with van der Waals surface area (Å²) >= 11 is 0. The van der Waals surface area contributed by atoms with Crippen LogP contribution in [-0.2, 0) is 25.7 Å².